The summed E-state index contributed by atoms with van der Waals surface area (Å²) in [5.74, 6) is -2.85. The van der Waals surface area contributed by atoms with Crippen molar-refractivity contribution in [1.29, 1.82) is 0 Å². The number of hydrogen-bond acceptors (Lipinski definition) is 9. The number of hydrogen-bond donors (Lipinski definition) is 1. The van der Waals surface area contributed by atoms with E-state index in [0.717, 1.165) is 19.1 Å². The third kappa shape index (κ3) is 3.21. The minimum absolute atomic E-state index is 0.0648. The number of fused-ring (bicyclic) bond motifs is 1. The van der Waals surface area contributed by atoms with Crippen LogP contribution in [0, 0.1) is 0 Å². The summed E-state index contributed by atoms with van der Waals surface area (Å²) < 4.78 is 9.76. The standard InChI is InChI=1S/C21H19NO7S/c1-10-11(2)30-19-13(9-23)15(18(25)12-7-5-6-8-14(12)24)16(20(26)28-3)17(22(10)19)21(27)29-4/h5-9,17,24H,1-4H3. The zero-order chi connectivity index (χ0) is 22.2. The molecule has 8 nitrogen and oxygen atoms in total. The van der Waals surface area contributed by atoms with Crippen molar-refractivity contribution in [3.63, 3.8) is 0 Å². The molecule has 0 fully saturated rings. The molecular formula is C21H19NO7S. The molecule has 156 valence electrons. The van der Waals surface area contributed by atoms with Gasteiger partial charge in [-0.3, -0.25) is 9.59 Å². The van der Waals surface area contributed by atoms with Gasteiger partial charge in [0.2, 0.25) is 0 Å². The number of nitrogens with zero attached hydrogens (tertiary/aromatic N) is 1. The fraction of sp³-hybridized carbons (Fsp3) is 0.238. The van der Waals surface area contributed by atoms with Gasteiger partial charge in [-0.1, -0.05) is 23.9 Å². The third-order valence-corrected chi connectivity index (χ3v) is 6.18. The van der Waals surface area contributed by atoms with E-state index in [-0.39, 0.29) is 28.0 Å². The van der Waals surface area contributed by atoms with Crippen molar-refractivity contribution in [3.8, 4) is 5.75 Å². The van der Waals surface area contributed by atoms with Crippen LogP contribution in [0.4, 0.5) is 0 Å². The van der Waals surface area contributed by atoms with Gasteiger partial charge in [0.1, 0.15) is 5.75 Å². The zero-order valence-corrected chi connectivity index (χ0v) is 17.5. The topological polar surface area (TPSA) is 110 Å². The first-order valence-electron chi connectivity index (χ1n) is 8.85. The number of carbonyl (C=O) groups excluding carboxylic acids is 4. The van der Waals surface area contributed by atoms with Crippen LogP contribution in [0.2, 0.25) is 0 Å². The molecule has 0 aliphatic carbocycles. The molecule has 0 radical (unpaired) electrons. The van der Waals surface area contributed by atoms with Crippen LogP contribution >= 0.6 is 11.8 Å². The summed E-state index contributed by atoms with van der Waals surface area (Å²) in [6.45, 7) is 3.53. The molecule has 1 atom stereocenters. The Labute approximate surface area is 176 Å². The second kappa shape index (κ2) is 8.19. The molecule has 3 rings (SSSR count). The summed E-state index contributed by atoms with van der Waals surface area (Å²) in [5, 5.41) is 10.5. The first-order chi connectivity index (χ1) is 14.3. The van der Waals surface area contributed by atoms with Crippen molar-refractivity contribution in [1.82, 2.24) is 4.90 Å². The third-order valence-electron chi connectivity index (χ3n) is 4.96. The largest absolute Gasteiger partial charge is 0.507 e. The number of aromatic hydroxyl groups is 1. The van der Waals surface area contributed by atoms with E-state index in [1.54, 1.807) is 13.8 Å². The zero-order valence-electron chi connectivity index (χ0n) is 16.7. The minimum Gasteiger partial charge on any atom is -0.507 e. The molecule has 1 aromatic carbocycles. The van der Waals surface area contributed by atoms with Crippen molar-refractivity contribution >= 4 is 35.8 Å². The van der Waals surface area contributed by atoms with Crippen molar-refractivity contribution in [2.24, 2.45) is 0 Å². The van der Waals surface area contributed by atoms with E-state index in [9.17, 15) is 24.3 Å². The number of ketones is 1. The molecule has 1 unspecified atom stereocenters. The van der Waals surface area contributed by atoms with Crippen LogP contribution in [-0.4, -0.2) is 54.3 Å². The van der Waals surface area contributed by atoms with Crippen LogP contribution in [0.25, 0.3) is 0 Å². The summed E-state index contributed by atoms with van der Waals surface area (Å²) >= 11 is 1.21. The summed E-state index contributed by atoms with van der Waals surface area (Å²) in [6.07, 6.45) is 0.463. The van der Waals surface area contributed by atoms with Crippen molar-refractivity contribution < 1.29 is 33.8 Å². The highest BCUT2D eigenvalue weighted by Crippen LogP contribution is 2.49. The smallest absolute Gasteiger partial charge is 0.337 e. The van der Waals surface area contributed by atoms with Gasteiger partial charge in [-0.15, -0.1) is 0 Å². The quantitative estimate of drug-likeness (QED) is 0.428. The molecule has 0 saturated heterocycles. The fourth-order valence-corrected chi connectivity index (χ4v) is 4.55. The van der Waals surface area contributed by atoms with Crippen LogP contribution in [-0.2, 0) is 23.9 Å². The number of esters is 2. The van der Waals surface area contributed by atoms with Crippen molar-refractivity contribution in [3.05, 3.63) is 62.2 Å². The van der Waals surface area contributed by atoms with Gasteiger partial charge < -0.3 is 19.5 Å². The number of allylic oxidation sites excluding steroid dienone is 4. The number of para-hydroxylation sites is 1. The Morgan fingerprint density at radius 2 is 1.80 bits per heavy atom. The van der Waals surface area contributed by atoms with Crippen molar-refractivity contribution in [2.45, 2.75) is 19.9 Å². The van der Waals surface area contributed by atoms with Gasteiger partial charge >= 0.3 is 11.9 Å². The lowest BCUT2D eigenvalue weighted by Gasteiger charge is -2.36. The number of methoxy groups -OCH3 is 2. The molecule has 0 aromatic heterocycles. The maximum Gasteiger partial charge on any atom is 0.337 e. The van der Waals surface area contributed by atoms with E-state index >= 15 is 0 Å². The maximum atomic E-state index is 13.4. The highest BCUT2D eigenvalue weighted by molar-refractivity contribution is 8.07. The molecule has 1 N–H and O–H groups in total. The number of phenolic OH excluding ortho intramolecular Hbond substituents is 1. The van der Waals surface area contributed by atoms with Gasteiger partial charge in [-0.05, 0) is 26.0 Å². The lowest BCUT2D eigenvalue weighted by molar-refractivity contribution is -0.147. The van der Waals surface area contributed by atoms with Crippen LogP contribution < -0.4 is 0 Å². The molecule has 9 heteroatoms. The molecular weight excluding hydrogens is 410 g/mol. The lowest BCUT2D eigenvalue weighted by Crippen LogP contribution is -2.46. The maximum absolute atomic E-state index is 13.4. The van der Waals surface area contributed by atoms with Crippen LogP contribution in [0.3, 0.4) is 0 Å². The average molecular weight is 429 g/mol. The normalized spacial score (nSPS) is 18.4. The van der Waals surface area contributed by atoms with Crippen LogP contribution in [0.15, 0.2) is 56.6 Å². The molecule has 30 heavy (non-hydrogen) atoms. The Hall–Kier alpha value is -3.33. The number of phenols is 1. The molecule has 0 bridgehead atoms. The van der Waals surface area contributed by atoms with E-state index in [2.05, 4.69) is 0 Å². The summed E-state index contributed by atoms with van der Waals surface area (Å²) in [6, 6.07) is 4.42. The molecule has 0 saturated carbocycles. The van der Waals surface area contributed by atoms with Crippen LogP contribution in [0.1, 0.15) is 24.2 Å². The summed E-state index contributed by atoms with van der Waals surface area (Å²) in [4.78, 5) is 53.4. The minimum atomic E-state index is -1.32. The molecule has 0 spiro atoms. The van der Waals surface area contributed by atoms with E-state index in [0.29, 0.717) is 17.0 Å². The van der Waals surface area contributed by atoms with Gasteiger partial charge in [0.05, 0.1) is 36.0 Å². The van der Waals surface area contributed by atoms with Gasteiger partial charge in [0.25, 0.3) is 0 Å². The highest BCUT2D eigenvalue weighted by Gasteiger charge is 2.48. The lowest BCUT2D eigenvalue weighted by atomic mass is 9.85. The number of ether oxygens (including phenoxy) is 2. The Balaban J connectivity index is 2.39. The second-order valence-corrected chi connectivity index (χ2v) is 7.71. The Morgan fingerprint density at radius 1 is 1.13 bits per heavy atom. The molecule has 1 aromatic rings. The number of carbonyl (C=O) groups is 4. The van der Waals surface area contributed by atoms with E-state index < -0.39 is 23.8 Å². The monoisotopic (exact) mass is 429 g/mol. The molecule has 2 aliphatic rings. The summed E-state index contributed by atoms with van der Waals surface area (Å²) in [5.41, 5.74) is -0.159. The van der Waals surface area contributed by atoms with E-state index in [4.69, 9.17) is 9.47 Å². The number of aldehydes is 1. The SMILES string of the molecule is COC(=O)C1=C(C(=O)c2ccccc2O)C(C=O)=C2SC(C)=C(C)N2C1C(=O)OC. The van der Waals surface area contributed by atoms with Crippen molar-refractivity contribution in [2.75, 3.05) is 14.2 Å². The number of rotatable bonds is 5. The predicted molar refractivity (Wildman–Crippen MR) is 108 cm³/mol. The number of Topliss-reactive ketones (excluding diaryl/α,β-unsaturated/α-hetero) is 1. The number of benzene rings is 1. The van der Waals surface area contributed by atoms with Gasteiger partial charge in [-0.2, -0.15) is 0 Å². The molecule has 2 aliphatic heterocycles. The molecule has 0 amide bonds. The Morgan fingerprint density at radius 3 is 2.37 bits per heavy atom. The van der Waals surface area contributed by atoms with E-state index in [1.165, 1.54) is 40.9 Å². The molecule has 2 heterocycles. The van der Waals surface area contributed by atoms with Gasteiger partial charge in [0.15, 0.2) is 18.1 Å². The number of thioether (sulfide) groups is 1. The first kappa shape index (κ1) is 21.4. The highest BCUT2D eigenvalue weighted by atomic mass is 32.2. The second-order valence-electron chi connectivity index (χ2n) is 6.50. The van der Waals surface area contributed by atoms with Gasteiger partial charge in [0, 0.05) is 16.2 Å². The fourth-order valence-electron chi connectivity index (χ4n) is 3.42. The predicted octanol–water partition coefficient (Wildman–Crippen LogP) is 2.31. The Bertz CT molecular complexity index is 1070. The van der Waals surface area contributed by atoms with Gasteiger partial charge in [-0.25, -0.2) is 9.59 Å². The van der Waals surface area contributed by atoms with Crippen LogP contribution in [0.5, 0.6) is 5.75 Å². The van der Waals surface area contributed by atoms with E-state index in [1.807, 2.05) is 0 Å². The Kier molecular flexibility index (Phi) is 5.84. The average Bonchev–Trinajstić information content (AvgIpc) is 3.04. The summed E-state index contributed by atoms with van der Waals surface area (Å²) in [7, 11) is 2.27. The first-order valence-corrected chi connectivity index (χ1v) is 9.67.